The molecule has 1 aliphatic heterocycles. The maximum Gasteiger partial charge on any atom is 0.119 e. The molecule has 1 N–H and O–H groups in total. The van der Waals surface area contributed by atoms with Crippen molar-refractivity contribution in [3.05, 3.63) is 59.9 Å². The first-order valence-corrected chi connectivity index (χ1v) is 8.29. The van der Waals surface area contributed by atoms with Crippen molar-refractivity contribution in [2.24, 2.45) is 0 Å². The van der Waals surface area contributed by atoms with Crippen LogP contribution >= 0.6 is 0 Å². The van der Waals surface area contributed by atoms with Gasteiger partial charge in [0.15, 0.2) is 0 Å². The second-order valence-corrected chi connectivity index (χ2v) is 6.38. The molecule has 4 heteroatoms. The molecule has 1 fully saturated rings. The van der Waals surface area contributed by atoms with Crippen molar-refractivity contribution < 1.29 is 4.74 Å². The summed E-state index contributed by atoms with van der Waals surface area (Å²) in [6.45, 7) is 8.27. The fourth-order valence-corrected chi connectivity index (χ4v) is 2.89. The minimum Gasteiger partial charge on any atom is -0.489 e. The van der Waals surface area contributed by atoms with Crippen LogP contribution in [0.3, 0.4) is 0 Å². The zero-order valence-corrected chi connectivity index (χ0v) is 13.9. The quantitative estimate of drug-likeness (QED) is 0.921. The van der Waals surface area contributed by atoms with Crippen LogP contribution in [0.2, 0.25) is 0 Å². The third kappa shape index (κ3) is 4.53. The molecule has 4 nitrogen and oxygen atoms in total. The predicted molar refractivity (Wildman–Crippen MR) is 92.3 cm³/mol. The number of hydrogen-bond donors (Lipinski definition) is 1. The molecule has 0 aliphatic carbocycles. The SMILES string of the molecule is CC1CN(Cc2ccc(OCc3ccncc3)cc2)C(C)CN1. The highest BCUT2D eigenvalue weighted by atomic mass is 16.5. The molecule has 0 radical (unpaired) electrons. The summed E-state index contributed by atoms with van der Waals surface area (Å²) in [7, 11) is 0. The van der Waals surface area contributed by atoms with E-state index in [-0.39, 0.29) is 0 Å². The molecule has 1 aliphatic rings. The van der Waals surface area contributed by atoms with Crippen LogP contribution in [0.1, 0.15) is 25.0 Å². The first-order chi connectivity index (χ1) is 11.2. The summed E-state index contributed by atoms with van der Waals surface area (Å²) in [6.07, 6.45) is 3.58. The number of nitrogens with zero attached hydrogens (tertiary/aromatic N) is 2. The number of benzene rings is 1. The van der Waals surface area contributed by atoms with E-state index in [1.165, 1.54) is 5.56 Å². The highest BCUT2D eigenvalue weighted by molar-refractivity contribution is 5.27. The van der Waals surface area contributed by atoms with E-state index in [2.05, 4.69) is 53.3 Å². The van der Waals surface area contributed by atoms with Gasteiger partial charge in [-0.15, -0.1) is 0 Å². The minimum atomic E-state index is 0.564. The van der Waals surface area contributed by atoms with Crippen molar-refractivity contribution >= 4 is 0 Å². The van der Waals surface area contributed by atoms with Gasteiger partial charge in [0.1, 0.15) is 12.4 Å². The molecule has 1 saturated heterocycles. The van der Waals surface area contributed by atoms with E-state index in [1.54, 1.807) is 12.4 Å². The molecule has 0 spiro atoms. The highest BCUT2D eigenvalue weighted by Gasteiger charge is 2.21. The molecular formula is C19H25N3O. The van der Waals surface area contributed by atoms with Crippen molar-refractivity contribution in [1.29, 1.82) is 0 Å². The van der Waals surface area contributed by atoms with Gasteiger partial charge in [0, 0.05) is 44.1 Å². The van der Waals surface area contributed by atoms with Crippen LogP contribution in [-0.4, -0.2) is 35.1 Å². The topological polar surface area (TPSA) is 37.4 Å². The molecule has 1 aromatic heterocycles. The minimum absolute atomic E-state index is 0.564. The number of piperazine rings is 1. The van der Waals surface area contributed by atoms with E-state index in [1.807, 2.05) is 12.1 Å². The Morgan fingerprint density at radius 3 is 2.57 bits per heavy atom. The molecule has 2 atom stereocenters. The first kappa shape index (κ1) is 16.0. The molecule has 0 amide bonds. The maximum atomic E-state index is 5.82. The molecule has 3 rings (SSSR count). The Labute approximate surface area is 138 Å². The van der Waals surface area contributed by atoms with Crippen molar-refractivity contribution in [2.45, 2.75) is 39.1 Å². The van der Waals surface area contributed by atoms with Crippen LogP contribution in [0.5, 0.6) is 5.75 Å². The summed E-state index contributed by atoms with van der Waals surface area (Å²) in [5.41, 5.74) is 2.47. The van der Waals surface area contributed by atoms with E-state index in [0.717, 1.165) is 30.9 Å². The van der Waals surface area contributed by atoms with Crippen molar-refractivity contribution in [3.8, 4) is 5.75 Å². The summed E-state index contributed by atoms with van der Waals surface area (Å²) in [5.74, 6) is 0.910. The average molecular weight is 311 g/mol. The van der Waals surface area contributed by atoms with Gasteiger partial charge in [0.05, 0.1) is 0 Å². The summed E-state index contributed by atoms with van der Waals surface area (Å²) in [6, 6.07) is 13.5. The van der Waals surface area contributed by atoms with E-state index >= 15 is 0 Å². The van der Waals surface area contributed by atoms with Crippen molar-refractivity contribution in [2.75, 3.05) is 13.1 Å². The Morgan fingerprint density at radius 1 is 1.09 bits per heavy atom. The number of aromatic nitrogens is 1. The maximum absolute atomic E-state index is 5.82. The van der Waals surface area contributed by atoms with Crippen molar-refractivity contribution in [3.63, 3.8) is 0 Å². The number of ether oxygens (including phenoxy) is 1. The van der Waals surface area contributed by atoms with Crippen LogP contribution in [0.4, 0.5) is 0 Å². The fourth-order valence-electron chi connectivity index (χ4n) is 2.89. The van der Waals surface area contributed by atoms with Crippen LogP contribution in [0.15, 0.2) is 48.8 Å². The molecule has 0 bridgehead atoms. The van der Waals surface area contributed by atoms with Gasteiger partial charge < -0.3 is 10.1 Å². The highest BCUT2D eigenvalue weighted by Crippen LogP contribution is 2.17. The van der Waals surface area contributed by atoms with E-state index in [0.29, 0.717) is 18.7 Å². The van der Waals surface area contributed by atoms with Crippen LogP contribution in [0, 0.1) is 0 Å². The number of nitrogens with one attached hydrogen (secondary N) is 1. The molecule has 122 valence electrons. The van der Waals surface area contributed by atoms with Crippen LogP contribution < -0.4 is 10.1 Å². The lowest BCUT2D eigenvalue weighted by atomic mass is 10.1. The lowest BCUT2D eigenvalue weighted by molar-refractivity contribution is 0.139. The Hall–Kier alpha value is -1.91. The monoisotopic (exact) mass is 311 g/mol. The Balaban J connectivity index is 1.54. The Kier molecular flexibility index (Phi) is 5.26. The van der Waals surface area contributed by atoms with E-state index in [4.69, 9.17) is 4.74 Å². The van der Waals surface area contributed by atoms with Crippen molar-refractivity contribution in [1.82, 2.24) is 15.2 Å². The van der Waals surface area contributed by atoms with Crippen LogP contribution in [0.25, 0.3) is 0 Å². The first-order valence-electron chi connectivity index (χ1n) is 8.29. The predicted octanol–water partition coefficient (Wildman–Crippen LogP) is 2.84. The van der Waals surface area contributed by atoms with E-state index < -0.39 is 0 Å². The third-order valence-electron chi connectivity index (χ3n) is 4.36. The molecule has 23 heavy (non-hydrogen) atoms. The zero-order valence-electron chi connectivity index (χ0n) is 13.9. The van der Waals surface area contributed by atoms with Gasteiger partial charge in [0.25, 0.3) is 0 Å². The molecule has 1 aromatic carbocycles. The Morgan fingerprint density at radius 2 is 1.83 bits per heavy atom. The average Bonchev–Trinajstić information content (AvgIpc) is 2.58. The van der Waals surface area contributed by atoms with Gasteiger partial charge in [0.2, 0.25) is 0 Å². The number of rotatable bonds is 5. The molecule has 2 unspecified atom stereocenters. The van der Waals surface area contributed by atoms with Gasteiger partial charge in [-0.3, -0.25) is 9.88 Å². The molecular weight excluding hydrogens is 286 g/mol. The third-order valence-corrected chi connectivity index (χ3v) is 4.36. The summed E-state index contributed by atoms with van der Waals surface area (Å²) in [5, 5.41) is 3.52. The van der Waals surface area contributed by atoms with E-state index in [9.17, 15) is 0 Å². The zero-order chi connectivity index (χ0) is 16.1. The second-order valence-electron chi connectivity index (χ2n) is 6.38. The normalized spacial score (nSPS) is 22.0. The second kappa shape index (κ2) is 7.57. The molecule has 2 heterocycles. The van der Waals surface area contributed by atoms with Gasteiger partial charge >= 0.3 is 0 Å². The van der Waals surface area contributed by atoms with Crippen LogP contribution in [-0.2, 0) is 13.2 Å². The van der Waals surface area contributed by atoms with Gasteiger partial charge in [-0.05, 0) is 49.2 Å². The number of hydrogen-bond acceptors (Lipinski definition) is 4. The van der Waals surface area contributed by atoms with Gasteiger partial charge in [-0.1, -0.05) is 12.1 Å². The van der Waals surface area contributed by atoms with Gasteiger partial charge in [-0.25, -0.2) is 0 Å². The standard InChI is InChI=1S/C19H25N3O/c1-15-12-22(16(2)11-21-15)13-17-3-5-19(6-4-17)23-14-18-7-9-20-10-8-18/h3-10,15-16,21H,11-14H2,1-2H3. The lowest BCUT2D eigenvalue weighted by Crippen LogP contribution is -2.53. The molecule has 0 saturated carbocycles. The molecule has 2 aromatic rings. The Bertz CT molecular complexity index is 600. The summed E-state index contributed by atoms with van der Waals surface area (Å²) in [4.78, 5) is 6.55. The van der Waals surface area contributed by atoms with Gasteiger partial charge in [-0.2, -0.15) is 0 Å². The summed E-state index contributed by atoms with van der Waals surface area (Å²) < 4.78 is 5.82. The number of pyridine rings is 1. The fraction of sp³-hybridized carbons (Fsp3) is 0.421. The summed E-state index contributed by atoms with van der Waals surface area (Å²) >= 11 is 0. The lowest BCUT2D eigenvalue weighted by Gasteiger charge is -2.37. The largest absolute Gasteiger partial charge is 0.489 e. The smallest absolute Gasteiger partial charge is 0.119 e.